The monoisotopic (exact) mass is 630 g/mol. The molecule has 0 unspecified atom stereocenters. The maximum Gasteiger partial charge on any atom is 0.358 e. The molecule has 0 aromatic carbocycles. The van der Waals surface area contributed by atoms with Crippen molar-refractivity contribution in [1.82, 2.24) is 9.97 Å². The van der Waals surface area contributed by atoms with Gasteiger partial charge in [0.2, 0.25) is 0 Å². The van der Waals surface area contributed by atoms with Crippen LogP contribution in [-0.4, -0.2) is 35.1 Å². The highest BCUT2D eigenvalue weighted by molar-refractivity contribution is 9.11. The van der Waals surface area contributed by atoms with Gasteiger partial charge in [-0.25, -0.2) is 19.6 Å². The Morgan fingerprint density at radius 1 is 1.08 bits per heavy atom. The van der Waals surface area contributed by atoms with Crippen LogP contribution in [0.25, 0.3) is 12.2 Å². The SMILES string of the molecule is C/C=C/[C@H](C)C(C)(C)[C@H](C/C=C\[C@H]1C[C@H]1/C=C/C=C\c1nc(C(=O)OC)cs1)OC(=O)c1csc(/C=C\Br)n1. The minimum absolute atomic E-state index is 0.223. The fourth-order valence-corrected chi connectivity index (χ4v) is 5.79. The Morgan fingerprint density at radius 3 is 2.36 bits per heavy atom. The van der Waals surface area contributed by atoms with Crippen LogP contribution in [0.1, 0.15) is 71.5 Å². The number of aromatic nitrogens is 2. The average molecular weight is 632 g/mol. The number of esters is 2. The number of ether oxygens (including phenoxy) is 2. The second-order valence-electron chi connectivity index (χ2n) is 9.93. The summed E-state index contributed by atoms with van der Waals surface area (Å²) in [6, 6.07) is 0. The van der Waals surface area contributed by atoms with Crippen molar-refractivity contribution in [2.45, 2.75) is 46.6 Å². The number of hydrogen-bond donors (Lipinski definition) is 0. The quantitative estimate of drug-likeness (QED) is 0.126. The van der Waals surface area contributed by atoms with Gasteiger partial charge in [-0.2, -0.15) is 0 Å². The molecule has 0 spiro atoms. The van der Waals surface area contributed by atoms with E-state index in [4.69, 9.17) is 4.74 Å². The molecule has 1 fully saturated rings. The molecule has 3 rings (SSSR count). The predicted molar refractivity (Wildman–Crippen MR) is 164 cm³/mol. The van der Waals surface area contributed by atoms with Crippen LogP contribution in [0.4, 0.5) is 0 Å². The van der Waals surface area contributed by atoms with E-state index in [2.05, 4.69) is 75.7 Å². The van der Waals surface area contributed by atoms with E-state index in [9.17, 15) is 9.59 Å². The van der Waals surface area contributed by atoms with Crippen LogP contribution >= 0.6 is 38.6 Å². The first kappa shape index (κ1) is 30.9. The lowest BCUT2D eigenvalue weighted by Gasteiger charge is -2.37. The van der Waals surface area contributed by atoms with E-state index in [1.54, 1.807) is 21.8 Å². The minimum Gasteiger partial charge on any atom is -0.464 e. The first-order valence-electron chi connectivity index (χ1n) is 12.8. The second kappa shape index (κ2) is 14.7. The fourth-order valence-electron chi connectivity index (χ4n) is 4.00. The van der Waals surface area contributed by atoms with Crippen molar-refractivity contribution in [1.29, 1.82) is 0 Å². The number of thiazole rings is 2. The Morgan fingerprint density at radius 2 is 1.72 bits per heavy atom. The average Bonchev–Trinajstić information content (AvgIpc) is 3.26. The zero-order chi connectivity index (χ0) is 28.4. The Balaban J connectivity index is 1.58. The third kappa shape index (κ3) is 8.95. The predicted octanol–water partition coefficient (Wildman–Crippen LogP) is 8.37. The topological polar surface area (TPSA) is 78.4 Å². The molecule has 2 heterocycles. The van der Waals surface area contributed by atoms with Gasteiger partial charge < -0.3 is 9.47 Å². The van der Waals surface area contributed by atoms with Crippen LogP contribution < -0.4 is 0 Å². The van der Waals surface area contributed by atoms with Crippen molar-refractivity contribution in [3.8, 4) is 0 Å². The molecule has 0 amide bonds. The summed E-state index contributed by atoms with van der Waals surface area (Å²) in [6.45, 7) is 8.46. The van der Waals surface area contributed by atoms with Crippen LogP contribution in [0.2, 0.25) is 0 Å². The lowest BCUT2D eigenvalue weighted by Crippen LogP contribution is -2.38. The first-order chi connectivity index (χ1) is 18.7. The molecule has 0 bridgehead atoms. The first-order valence-corrected chi connectivity index (χ1v) is 15.5. The number of nitrogens with zero attached hydrogens (tertiary/aromatic N) is 2. The van der Waals surface area contributed by atoms with Crippen molar-refractivity contribution in [3.63, 3.8) is 0 Å². The molecule has 6 nitrogen and oxygen atoms in total. The van der Waals surface area contributed by atoms with Crippen LogP contribution in [0.3, 0.4) is 0 Å². The maximum atomic E-state index is 13.0. The van der Waals surface area contributed by atoms with Gasteiger partial charge in [0.05, 0.1) is 7.11 Å². The molecule has 0 radical (unpaired) electrons. The lowest BCUT2D eigenvalue weighted by atomic mass is 9.74. The third-order valence-corrected chi connectivity index (χ3v) is 8.80. The highest BCUT2D eigenvalue weighted by Gasteiger charge is 2.37. The molecule has 0 aliphatic heterocycles. The smallest absolute Gasteiger partial charge is 0.358 e. The molecule has 39 heavy (non-hydrogen) atoms. The van der Waals surface area contributed by atoms with E-state index in [0.29, 0.717) is 29.6 Å². The van der Waals surface area contributed by atoms with E-state index in [1.165, 1.54) is 29.8 Å². The third-order valence-electron chi connectivity index (χ3n) is 6.92. The van der Waals surface area contributed by atoms with Crippen molar-refractivity contribution < 1.29 is 19.1 Å². The summed E-state index contributed by atoms with van der Waals surface area (Å²) in [7, 11) is 1.35. The number of halogens is 1. The van der Waals surface area contributed by atoms with Gasteiger partial charge in [-0.05, 0) is 48.2 Å². The molecule has 9 heteroatoms. The molecule has 208 valence electrons. The lowest BCUT2D eigenvalue weighted by molar-refractivity contribution is -0.0183. The molecule has 1 aliphatic rings. The van der Waals surface area contributed by atoms with E-state index in [1.807, 2.05) is 31.2 Å². The van der Waals surface area contributed by atoms with Crippen LogP contribution in [0.5, 0.6) is 0 Å². The number of methoxy groups -OCH3 is 1. The summed E-state index contributed by atoms with van der Waals surface area (Å²) >= 11 is 6.05. The molecule has 4 atom stereocenters. The number of hydrogen-bond acceptors (Lipinski definition) is 8. The number of carbonyl (C=O) groups is 2. The molecule has 1 saturated carbocycles. The van der Waals surface area contributed by atoms with Crippen molar-refractivity contribution in [2.24, 2.45) is 23.2 Å². The number of allylic oxidation sites excluding steroid dienone is 6. The van der Waals surface area contributed by atoms with Gasteiger partial charge in [0.25, 0.3) is 0 Å². The van der Waals surface area contributed by atoms with Crippen molar-refractivity contribution >= 4 is 62.7 Å². The molecule has 0 saturated heterocycles. The summed E-state index contributed by atoms with van der Waals surface area (Å²) < 4.78 is 10.8. The summed E-state index contributed by atoms with van der Waals surface area (Å²) in [5.41, 5.74) is 0.399. The Bertz CT molecular complexity index is 1270. The Hall–Kier alpha value is -2.62. The van der Waals surface area contributed by atoms with Gasteiger partial charge in [0.1, 0.15) is 16.1 Å². The number of carbonyl (C=O) groups excluding carboxylic acids is 2. The van der Waals surface area contributed by atoms with Crippen molar-refractivity contribution in [3.05, 3.63) is 79.7 Å². The molecular formula is C30H35BrN2O4S2. The van der Waals surface area contributed by atoms with Gasteiger partial charge in [-0.15, -0.1) is 22.7 Å². The normalized spacial score (nSPS) is 19.5. The highest BCUT2D eigenvalue weighted by Crippen LogP contribution is 2.42. The molecule has 1 aliphatic carbocycles. The van der Waals surface area contributed by atoms with Gasteiger partial charge in [-0.1, -0.05) is 79.2 Å². The van der Waals surface area contributed by atoms with E-state index in [0.717, 1.165) is 16.4 Å². The zero-order valence-corrected chi connectivity index (χ0v) is 26.1. The number of rotatable bonds is 13. The summed E-state index contributed by atoms with van der Waals surface area (Å²) in [6.07, 6.45) is 19.9. The van der Waals surface area contributed by atoms with Gasteiger partial charge in [-0.3, -0.25) is 0 Å². The van der Waals surface area contributed by atoms with Gasteiger partial charge in [0.15, 0.2) is 11.4 Å². The highest BCUT2D eigenvalue weighted by atomic mass is 79.9. The van der Waals surface area contributed by atoms with Crippen LogP contribution in [0, 0.1) is 23.2 Å². The van der Waals surface area contributed by atoms with Crippen LogP contribution in [-0.2, 0) is 9.47 Å². The van der Waals surface area contributed by atoms with Crippen LogP contribution in [0.15, 0.2) is 58.3 Å². The molecule has 2 aromatic heterocycles. The molecular weight excluding hydrogens is 596 g/mol. The Labute approximate surface area is 247 Å². The second-order valence-corrected chi connectivity index (χ2v) is 12.2. The minimum atomic E-state index is -0.425. The fraction of sp³-hybridized carbons (Fsp3) is 0.400. The summed E-state index contributed by atoms with van der Waals surface area (Å²) in [5.74, 6) is 0.369. The maximum absolute atomic E-state index is 13.0. The zero-order valence-electron chi connectivity index (χ0n) is 22.9. The standard InChI is InChI=1S/C30H35BrN2O4S2/c1-6-10-20(2)30(3,4)25(37-29(35)24-19-39-27(33-24)15-16-31)13-9-12-22-17-21(22)11-7-8-14-26-32-23(18-38-26)28(34)36-5/h6-12,14-16,18-22,25H,13,17H2,1-5H3/b10-6+,11-7+,12-9-,14-8-,16-15-/t20-,21+,22-,25-/m0/s1. The summed E-state index contributed by atoms with van der Waals surface area (Å²) in [4.78, 5) is 34.8. The molecule has 2 aromatic rings. The largest absolute Gasteiger partial charge is 0.464 e. The van der Waals surface area contributed by atoms with Gasteiger partial charge in [0, 0.05) is 22.6 Å². The Kier molecular flexibility index (Phi) is 11.6. The van der Waals surface area contributed by atoms with Gasteiger partial charge >= 0.3 is 11.9 Å². The molecule has 0 N–H and O–H groups in total. The van der Waals surface area contributed by atoms with Crippen molar-refractivity contribution in [2.75, 3.05) is 7.11 Å². The van der Waals surface area contributed by atoms with E-state index < -0.39 is 11.9 Å². The van der Waals surface area contributed by atoms with E-state index >= 15 is 0 Å². The van der Waals surface area contributed by atoms with E-state index in [-0.39, 0.29) is 17.4 Å². The summed E-state index contributed by atoms with van der Waals surface area (Å²) in [5, 5.41) is 4.94.